The largest absolute Gasteiger partial charge is 0.349 e. The fourth-order valence-electron chi connectivity index (χ4n) is 0.571. The van der Waals surface area contributed by atoms with Gasteiger partial charge in [-0.15, -0.1) is 0 Å². The molecule has 0 aromatic carbocycles. The zero-order valence-electron chi connectivity index (χ0n) is 8.99. The van der Waals surface area contributed by atoms with E-state index < -0.39 is 7.60 Å². The number of rotatable bonds is 5. The summed E-state index contributed by atoms with van der Waals surface area (Å²) in [5.74, 6) is 0. The third-order valence-electron chi connectivity index (χ3n) is 1.14. The minimum absolute atomic E-state index is 0.00270. The maximum absolute atomic E-state index is 11.4. The van der Waals surface area contributed by atoms with E-state index in [1.54, 1.807) is 6.92 Å². The fourth-order valence-corrected chi connectivity index (χ4v) is 1.36. The highest BCUT2D eigenvalue weighted by Gasteiger charge is 2.18. The van der Waals surface area contributed by atoms with Crippen LogP contribution in [-0.2, 0) is 18.3 Å². The molecule has 1 atom stereocenters. The minimum Gasteiger partial charge on any atom is -0.349 e. The van der Waals surface area contributed by atoms with E-state index in [1.165, 1.54) is 6.66 Å². The number of hydrogen-bond donors (Lipinski definition) is 0. The highest BCUT2D eigenvalue weighted by molar-refractivity contribution is 7.52. The lowest BCUT2D eigenvalue weighted by Crippen LogP contribution is -2.20. The van der Waals surface area contributed by atoms with Crippen molar-refractivity contribution in [3.05, 3.63) is 0 Å². The molecule has 4 nitrogen and oxygen atoms in total. The first kappa shape index (κ1) is 13.1. The van der Waals surface area contributed by atoms with Crippen molar-refractivity contribution in [1.82, 2.24) is 0 Å². The van der Waals surface area contributed by atoms with Crippen LogP contribution in [0.1, 0.15) is 27.7 Å². The second-order valence-corrected chi connectivity index (χ2v) is 5.75. The normalized spacial score (nSPS) is 17.0. The first-order valence-corrected chi connectivity index (χ1v) is 6.26. The molecule has 1 unspecified atom stereocenters. The lowest BCUT2D eigenvalue weighted by Gasteiger charge is -2.20. The molecule has 0 aliphatic carbocycles. The molecule has 0 spiro atoms. The Bertz CT molecular complexity index is 185. The Morgan fingerprint density at radius 1 is 1.23 bits per heavy atom. The molecule has 0 aromatic heterocycles. The van der Waals surface area contributed by atoms with Crippen molar-refractivity contribution in [3.63, 3.8) is 0 Å². The maximum Gasteiger partial charge on any atom is 0.329 e. The van der Waals surface area contributed by atoms with Crippen LogP contribution in [0, 0.1) is 0 Å². The van der Waals surface area contributed by atoms with Crippen LogP contribution in [0.3, 0.4) is 0 Å². The van der Waals surface area contributed by atoms with E-state index in [-0.39, 0.29) is 12.4 Å². The van der Waals surface area contributed by atoms with Gasteiger partial charge in [0.1, 0.15) is 0 Å². The summed E-state index contributed by atoms with van der Waals surface area (Å²) in [6.45, 7) is 9.28. The van der Waals surface area contributed by atoms with Gasteiger partial charge in [-0.25, -0.2) is 0 Å². The monoisotopic (exact) mass is 210 g/mol. The average molecular weight is 210 g/mol. The minimum atomic E-state index is -2.90. The Hall–Kier alpha value is 0.110. The van der Waals surface area contributed by atoms with E-state index in [1.807, 2.05) is 20.8 Å². The van der Waals surface area contributed by atoms with Crippen LogP contribution in [0.25, 0.3) is 0 Å². The van der Waals surface area contributed by atoms with Crippen molar-refractivity contribution < 1.29 is 18.3 Å². The molecule has 0 rings (SSSR count). The topological polar surface area (TPSA) is 44.8 Å². The molecule has 0 aromatic rings. The van der Waals surface area contributed by atoms with Crippen LogP contribution in [0.15, 0.2) is 0 Å². The predicted molar refractivity (Wildman–Crippen MR) is 51.9 cm³/mol. The van der Waals surface area contributed by atoms with Crippen molar-refractivity contribution in [2.24, 2.45) is 0 Å². The van der Waals surface area contributed by atoms with Crippen LogP contribution in [0.4, 0.5) is 0 Å². The van der Waals surface area contributed by atoms with Gasteiger partial charge in [0.05, 0.1) is 12.2 Å². The Balaban J connectivity index is 3.70. The molecule has 0 saturated carbocycles. The summed E-state index contributed by atoms with van der Waals surface area (Å²) in [5, 5.41) is 0. The summed E-state index contributed by atoms with van der Waals surface area (Å²) < 4.78 is 26.5. The maximum atomic E-state index is 11.4. The van der Waals surface area contributed by atoms with Gasteiger partial charge in [0.2, 0.25) is 0 Å². The standard InChI is InChI=1S/C8H19O4P/c1-6-11-13(5,9)12-7-10-8(2,3)4/h6-7H2,1-5H3. The molecule has 0 heterocycles. The molecular formula is C8H19O4P. The predicted octanol–water partition coefficient (Wildman–Crippen LogP) is 2.64. The van der Waals surface area contributed by atoms with Crippen LogP contribution in [0.5, 0.6) is 0 Å². The number of hydrogen-bond acceptors (Lipinski definition) is 4. The lowest BCUT2D eigenvalue weighted by molar-refractivity contribution is -0.0796. The molecule has 0 aliphatic heterocycles. The number of ether oxygens (including phenoxy) is 1. The van der Waals surface area contributed by atoms with Crippen LogP contribution in [-0.4, -0.2) is 25.7 Å². The van der Waals surface area contributed by atoms with Gasteiger partial charge >= 0.3 is 7.60 Å². The molecule has 0 fully saturated rings. The second-order valence-electron chi connectivity index (χ2n) is 3.69. The van der Waals surface area contributed by atoms with Crippen molar-refractivity contribution in [3.8, 4) is 0 Å². The average Bonchev–Trinajstić information content (AvgIpc) is 1.82. The van der Waals surface area contributed by atoms with E-state index >= 15 is 0 Å². The zero-order valence-corrected chi connectivity index (χ0v) is 9.89. The van der Waals surface area contributed by atoms with Gasteiger partial charge in [-0.05, 0) is 27.7 Å². The molecule has 0 aliphatic rings. The summed E-state index contributed by atoms with van der Waals surface area (Å²) in [5.41, 5.74) is -0.286. The molecule has 0 saturated heterocycles. The first-order chi connectivity index (χ1) is 5.77. The molecule has 0 N–H and O–H groups in total. The molecule has 13 heavy (non-hydrogen) atoms. The van der Waals surface area contributed by atoms with Crippen LogP contribution in [0.2, 0.25) is 0 Å². The van der Waals surface area contributed by atoms with Gasteiger partial charge in [0, 0.05) is 6.66 Å². The van der Waals surface area contributed by atoms with Gasteiger partial charge in [0.15, 0.2) is 6.79 Å². The molecule has 5 heteroatoms. The summed E-state index contributed by atoms with van der Waals surface area (Å²) in [6.07, 6.45) is 0. The highest BCUT2D eigenvalue weighted by Crippen LogP contribution is 2.43. The van der Waals surface area contributed by atoms with Crippen molar-refractivity contribution in [1.29, 1.82) is 0 Å². The molecule has 0 amide bonds. The van der Waals surface area contributed by atoms with Gasteiger partial charge in [-0.3, -0.25) is 9.09 Å². The van der Waals surface area contributed by atoms with E-state index in [0.717, 1.165) is 0 Å². The Kier molecular flexibility index (Phi) is 5.15. The second kappa shape index (κ2) is 5.11. The van der Waals surface area contributed by atoms with E-state index in [0.29, 0.717) is 6.61 Å². The Morgan fingerprint density at radius 2 is 1.77 bits per heavy atom. The highest BCUT2D eigenvalue weighted by atomic mass is 31.2. The first-order valence-electron chi connectivity index (χ1n) is 4.27. The van der Waals surface area contributed by atoms with Crippen molar-refractivity contribution in [2.75, 3.05) is 20.1 Å². The summed E-state index contributed by atoms with van der Waals surface area (Å²) in [4.78, 5) is 0. The van der Waals surface area contributed by atoms with Gasteiger partial charge in [-0.1, -0.05) is 0 Å². The van der Waals surface area contributed by atoms with Crippen molar-refractivity contribution >= 4 is 7.60 Å². The van der Waals surface area contributed by atoms with E-state index in [4.69, 9.17) is 13.8 Å². The quantitative estimate of drug-likeness (QED) is 0.517. The van der Waals surface area contributed by atoms with E-state index in [2.05, 4.69) is 0 Å². The van der Waals surface area contributed by atoms with Gasteiger partial charge in [-0.2, -0.15) is 0 Å². The SMILES string of the molecule is CCOP(C)(=O)OCOC(C)(C)C. The van der Waals surface area contributed by atoms with Crippen LogP contribution < -0.4 is 0 Å². The van der Waals surface area contributed by atoms with E-state index in [9.17, 15) is 4.57 Å². The van der Waals surface area contributed by atoms with Crippen LogP contribution >= 0.6 is 7.60 Å². The molecular weight excluding hydrogens is 191 g/mol. The summed E-state index contributed by atoms with van der Waals surface area (Å²) >= 11 is 0. The lowest BCUT2D eigenvalue weighted by atomic mass is 10.2. The summed E-state index contributed by atoms with van der Waals surface area (Å²) in [7, 11) is -2.90. The van der Waals surface area contributed by atoms with Gasteiger partial charge in [0.25, 0.3) is 0 Å². The molecule has 80 valence electrons. The molecule has 0 radical (unpaired) electrons. The van der Waals surface area contributed by atoms with Crippen molar-refractivity contribution in [2.45, 2.75) is 33.3 Å². The van der Waals surface area contributed by atoms with Gasteiger partial charge < -0.3 is 9.26 Å². The fraction of sp³-hybridized carbons (Fsp3) is 1.00. The molecule has 0 bridgehead atoms. The Morgan fingerprint density at radius 3 is 2.15 bits per heavy atom. The summed E-state index contributed by atoms with van der Waals surface area (Å²) in [6, 6.07) is 0. The Labute approximate surface area is 80.1 Å². The third kappa shape index (κ3) is 8.44. The zero-order chi connectivity index (χ0) is 10.5. The smallest absolute Gasteiger partial charge is 0.329 e. The third-order valence-corrected chi connectivity index (χ3v) is 2.44.